The Hall–Kier alpha value is -3.10. The molecule has 2 aromatic carbocycles. The van der Waals surface area contributed by atoms with Crippen LogP contribution in [0.2, 0.25) is 0 Å². The van der Waals surface area contributed by atoms with Crippen LogP contribution in [0.5, 0.6) is 11.5 Å². The number of hydrogen-bond donors (Lipinski definition) is 1. The van der Waals surface area contributed by atoms with Gasteiger partial charge in [0.1, 0.15) is 11.5 Å². The number of para-hydroxylation sites is 2. The minimum atomic E-state index is -1.23. The Balaban J connectivity index is 1.56. The van der Waals surface area contributed by atoms with Crippen molar-refractivity contribution in [1.82, 2.24) is 9.97 Å². The van der Waals surface area contributed by atoms with Crippen LogP contribution in [-0.4, -0.2) is 9.97 Å². The third-order valence-electron chi connectivity index (χ3n) is 3.87. The van der Waals surface area contributed by atoms with Crippen molar-refractivity contribution in [3.8, 4) is 22.9 Å². The highest BCUT2D eigenvalue weighted by Gasteiger charge is 2.17. The Kier molecular flexibility index (Phi) is 5.47. The van der Waals surface area contributed by atoms with E-state index < -0.39 is 8.38 Å². The fourth-order valence-corrected chi connectivity index (χ4v) is 3.94. The molecule has 0 radical (unpaired) electrons. The summed E-state index contributed by atoms with van der Waals surface area (Å²) in [7, 11) is -1.23. The molecule has 0 aliphatic carbocycles. The van der Waals surface area contributed by atoms with Crippen LogP contribution in [0.15, 0.2) is 97.2 Å². The predicted octanol–water partition coefficient (Wildman–Crippen LogP) is 6.05. The van der Waals surface area contributed by atoms with E-state index in [-0.39, 0.29) is 0 Å². The number of aromatic nitrogens is 2. The van der Waals surface area contributed by atoms with Gasteiger partial charge < -0.3 is 14.0 Å². The lowest BCUT2D eigenvalue weighted by Gasteiger charge is -2.18. The van der Waals surface area contributed by atoms with Gasteiger partial charge in [0.2, 0.25) is 0 Å². The molecule has 0 atom stereocenters. The molecule has 0 aliphatic rings. The number of hydrogen-bond acceptors (Lipinski definition) is 3. The number of rotatable bonds is 7. The first-order chi connectivity index (χ1) is 13.4. The van der Waals surface area contributed by atoms with Crippen LogP contribution in [0.3, 0.4) is 0 Å². The van der Waals surface area contributed by atoms with Crippen LogP contribution in [-0.2, 0) is 6.16 Å². The molecule has 4 aromatic rings. The lowest BCUT2D eigenvalue weighted by Crippen LogP contribution is -2.01. The summed E-state index contributed by atoms with van der Waals surface area (Å²) in [6.07, 6.45) is 2.49. The second-order valence-corrected chi connectivity index (χ2v) is 7.24. The molecule has 27 heavy (non-hydrogen) atoms. The molecular weight excluding hydrogens is 355 g/mol. The van der Waals surface area contributed by atoms with Gasteiger partial charge in [-0.25, -0.2) is 0 Å². The summed E-state index contributed by atoms with van der Waals surface area (Å²) >= 11 is 0. The van der Waals surface area contributed by atoms with E-state index in [1.165, 1.54) is 0 Å². The van der Waals surface area contributed by atoms with E-state index in [4.69, 9.17) is 14.0 Å². The highest BCUT2D eigenvalue weighted by atomic mass is 31.2. The molecule has 0 amide bonds. The maximum Gasteiger partial charge on any atom is 0.296 e. The van der Waals surface area contributed by atoms with E-state index in [9.17, 15) is 0 Å². The maximum atomic E-state index is 6.15. The third-order valence-corrected chi connectivity index (χ3v) is 5.28. The molecule has 2 heterocycles. The average Bonchev–Trinajstić information content (AvgIpc) is 3.25. The first-order valence-corrected chi connectivity index (χ1v) is 10.1. The second kappa shape index (κ2) is 8.52. The van der Waals surface area contributed by atoms with E-state index in [0.29, 0.717) is 6.16 Å². The lowest BCUT2D eigenvalue weighted by atomic mass is 10.2. The molecule has 0 unspecified atom stereocenters. The van der Waals surface area contributed by atoms with Crippen molar-refractivity contribution in [2.75, 3.05) is 0 Å². The fourth-order valence-electron chi connectivity index (χ4n) is 2.62. The van der Waals surface area contributed by atoms with Crippen LogP contribution < -0.4 is 9.05 Å². The highest BCUT2D eigenvalue weighted by molar-refractivity contribution is 7.47. The van der Waals surface area contributed by atoms with Gasteiger partial charge in [-0.15, -0.1) is 0 Å². The zero-order valence-corrected chi connectivity index (χ0v) is 15.6. The zero-order valence-electron chi connectivity index (χ0n) is 14.7. The first-order valence-electron chi connectivity index (χ1n) is 8.70. The summed E-state index contributed by atoms with van der Waals surface area (Å²) < 4.78 is 12.3. The lowest BCUT2D eigenvalue weighted by molar-refractivity contribution is 0.487. The van der Waals surface area contributed by atoms with Gasteiger partial charge in [-0.05, 0) is 48.5 Å². The van der Waals surface area contributed by atoms with Crippen molar-refractivity contribution in [3.63, 3.8) is 0 Å². The summed E-state index contributed by atoms with van der Waals surface area (Å²) in [6.45, 7) is 0. The van der Waals surface area contributed by atoms with Crippen molar-refractivity contribution in [2.24, 2.45) is 0 Å². The quantitative estimate of drug-likeness (QED) is 0.401. The number of pyridine rings is 1. The highest BCUT2D eigenvalue weighted by Crippen LogP contribution is 2.43. The van der Waals surface area contributed by atoms with Crippen molar-refractivity contribution in [3.05, 3.63) is 103 Å². The zero-order chi connectivity index (χ0) is 18.3. The largest absolute Gasteiger partial charge is 0.438 e. The number of nitrogens with one attached hydrogen (secondary N) is 1. The number of benzene rings is 2. The molecule has 0 bridgehead atoms. The minimum absolute atomic E-state index is 0.591. The number of H-pyrrole nitrogens is 1. The summed E-state index contributed by atoms with van der Waals surface area (Å²) in [5.74, 6) is 1.58. The maximum absolute atomic E-state index is 6.15. The van der Waals surface area contributed by atoms with Gasteiger partial charge in [0.05, 0.1) is 23.2 Å². The number of nitrogens with zero attached hydrogens (tertiary/aromatic N) is 1. The van der Waals surface area contributed by atoms with Gasteiger partial charge in [-0.1, -0.05) is 42.5 Å². The van der Waals surface area contributed by atoms with Gasteiger partial charge in [0, 0.05) is 6.20 Å². The van der Waals surface area contributed by atoms with Gasteiger partial charge in [-0.2, -0.15) is 0 Å². The van der Waals surface area contributed by atoms with Crippen molar-refractivity contribution in [1.29, 1.82) is 0 Å². The fraction of sp³-hybridized carbons (Fsp3) is 0.0455. The number of aromatic amines is 1. The van der Waals surface area contributed by atoms with Crippen LogP contribution in [0.4, 0.5) is 0 Å². The van der Waals surface area contributed by atoms with E-state index in [2.05, 4.69) is 4.98 Å². The molecule has 5 heteroatoms. The Morgan fingerprint density at radius 2 is 1.37 bits per heavy atom. The molecule has 0 spiro atoms. The topological polar surface area (TPSA) is 47.1 Å². The van der Waals surface area contributed by atoms with Gasteiger partial charge in [-0.3, -0.25) is 4.98 Å². The monoisotopic (exact) mass is 374 g/mol. The molecule has 2 aromatic heterocycles. The third kappa shape index (κ3) is 4.75. The second-order valence-electron chi connectivity index (χ2n) is 5.90. The molecular formula is C22H19N2O2P. The smallest absolute Gasteiger partial charge is 0.296 e. The molecule has 4 nitrogen and oxygen atoms in total. The van der Waals surface area contributed by atoms with Crippen molar-refractivity contribution < 1.29 is 9.05 Å². The molecule has 0 fully saturated rings. The summed E-state index contributed by atoms with van der Waals surface area (Å²) in [5, 5.41) is 0. The first kappa shape index (κ1) is 17.3. The Morgan fingerprint density at radius 3 is 1.96 bits per heavy atom. The van der Waals surface area contributed by atoms with E-state index >= 15 is 0 Å². The Labute approximate surface area is 159 Å². The van der Waals surface area contributed by atoms with Crippen LogP contribution >= 0.6 is 8.38 Å². The SMILES string of the molecule is c1ccc(OP(Cc2cccc(-c3ccc[nH]3)n2)Oc2ccccc2)cc1. The molecule has 0 saturated carbocycles. The van der Waals surface area contributed by atoms with Crippen LogP contribution in [0.25, 0.3) is 11.4 Å². The van der Waals surface area contributed by atoms with Crippen molar-refractivity contribution >= 4 is 8.38 Å². The van der Waals surface area contributed by atoms with Crippen LogP contribution in [0.1, 0.15) is 5.69 Å². The molecule has 1 N–H and O–H groups in total. The van der Waals surface area contributed by atoms with Gasteiger partial charge in [0.15, 0.2) is 0 Å². The predicted molar refractivity (Wildman–Crippen MR) is 109 cm³/mol. The normalized spacial score (nSPS) is 10.7. The van der Waals surface area contributed by atoms with E-state index in [0.717, 1.165) is 28.6 Å². The van der Waals surface area contributed by atoms with E-state index in [1.54, 1.807) is 0 Å². The molecule has 0 aliphatic heterocycles. The van der Waals surface area contributed by atoms with Crippen molar-refractivity contribution in [2.45, 2.75) is 6.16 Å². The molecule has 4 rings (SSSR count). The molecule has 0 saturated heterocycles. The molecule has 134 valence electrons. The van der Waals surface area contributed by atoms with Crippen LogP contribution in [0, 0.1) is 0 Å². The van der Waals surface area contributed by atoms with Gasteiger partial charge in [0.25, 0.3) is 8.38 Å². The summed E-state index contributed by atoms with van der Waals surface area (Å²) in [4.78, 5) is 7.96. The minimum Gasteiger partial charge on any atom is -0.438 e. The Bertz CT molecular complexity index is 919. The standard InChI is InChI=1S/C22H19N2O2P/c1-3-10-19(11-4-1)25-27(26-20-12-5-2-6-13-20)17-18-9-7-14-22(24-18)21-15-8-16-23-21/h1-16,23H,17H2. The average molecular weight is 374 g/mol. The Morgan fingerprint density at radius 1 is 0.704 bits per heavy atom. The summed E-state index contributed by atoms with van der Waals surface area (Å²) in [5.41, 5.74) is 2.83. The van der Waals surface area contributed by atoms with Gasteiger partial charge >= 0.3 is 0 Å². The van der Waals surface area contributed by atoms with E-state index in [1.807, 2.05) is 97.2 Å². The summed E-state index contributed by atoms with van der Waals surface area (Å²) in [6, 6.07) is 29.5.